The smallest absolute Gasteiger partial charge is 0.336 e. The van der Waals surface area contributed by atoms with Gasteiger partial charge < -0.3 is 18.8 Å². The van der Waals surface area contributed by atoms with Gasteiger partial charge in [-0.05, 0) is 55.8 Å². The summed E-state index contributed by atoms with van der Waals surface area (Å²) in [4.78, 5) is 38.6. The van der Waals surface area contributed by atoms with Crippen molar-refractivity contribution in [1.82, 2.24) is 0 Å². The van der Waals surface area contributed by atoms with Crippen molar-refractivity contribution >= 4 is 40.1 Å². The van der Waals surface area contributed by atoms with E-state index < -0.39 is 17.5 Å². The number of aryl methyl sites for hydroxylation is 1. The number of hydrogen-bond donors (Lipinski definition) is 0. The average molecular weight is 456 g/mol. The molecule has 4 rings (SSSR count). The van der Waals surface area contributed by atoms with E-state index >= 15 is 0 Å². The van der Waals surface area contributed by atoms with Gasteiger partial charge in [-0.3, -0.25) is 9.59 Å². The fourth-order valence-corrected chi connectivity index (χ4v) is 3.90. The SMILES string of the molecule is CCOc1ccc(N2CC(C(=O)OCc3cc(=O)oc4cc(C)c(Cl)cc34)CC2=O)cc1. The lowest BCUT2D eigenvalue weighted by atomic mass is 10.1. The Hall–Kier alpha value is -3.32. The van der Waals surface area contributed by atoms with Gasteiger partial charge in [-0.2, -0.15) is 0 Å². The molecule has 1 unspecified atom stereocenters. The quantitative estimate of drug-likeness (QED) is 0.408. The van der Waals surface area contributed by atoms with Crippen molar-refractivity contribution in [2.75, 3.05) is 18.1 Å². The van der Waals surface area contributed by atoms with Crippen molar-refractivity contribution in [1.29, 1.82) is 0 Å². The Balaban J connectivity index is 1.45. The van der Waals surface area contributed by atoms with Gasteiger partial charge >= 0.3 is 11.6 Å². The normalized spacial score (nSPS) is 15.9. The molecule has 7 nitrogen and oxygen atoms in total. The van der Waals surface area contributed by atoms with E-state index in [1.54, 1.807) is 41.3 Å². The number of rotatable bonds is 6. The van der Waals surface area contributed by atoms with Crippen LogP contribution in [0.3, 0.4) is 0 Å². The highest BCUT2D eigenvalue weighted by Crippen LogP contribution is 2.29. The van der Waals surface area contributed by atoms with Crippen LogP contribution in [0.15, 0.2) is 51.7 Å². The first-order valence-corrected chi connectivity index (χ1v) is 10.7. The van der Waals surface area contributed by atoms with Gasteiger partial charge in [0.05, 0.1) is 12.5 Å². The van der Waals surface area contributed by atoms with Crippen molar-refractivity contribution in [2.24, 2.45) is 5.92 Å². The second-order valence-electron chi connectivity index (χ2n) is 7.63. The fourth-order valence-electron chi connectivity index (χ4n) is 3.74. The third-order valence-electron chi connectivity index (χ3n) is 5.40. The van der Waals surface area contributed by atoms with Crippen molar-refractivity contribution in [3.63, 3.8) is 0 Å². The topological polar surface area (TPSA) is 86.0 Å². The molecule has 2 aromatic carbocycles. The lowest BCUT2D eigenvalue weighted by Gasteiger charge is -2.17. The van der Waals surface area contributed by atoms with E-state index in [2.05, 4.69) is 0 Å². The summed E-state index contributed by atoms with van der Waals surface area (Å²) in [6.07, 6.45) is 0.0642. The van der Waals surface area contributed by atoms with Crippen molar-refractivity contribution in [3.05, 3.63) is 69.0 Å². The maximum Gasteiger partial charge on any atom is 0.336 e. The lowest BCUT2D eigenvalue weighted by molar-refractivity contribution is -0.149. The van der Waals surface area contributed by atoms with Gasteiger partial charge in [0.1, 0.15) is 17.9 Å². The molecule has 1 saturated heterocycles. The van der Waals surface area contributed by atoms with Crippen LogP contribution in [0.1, 0.15) is 24.5 Å². The van der Waals surface area contributed by atoms with Crippen LogP contribution in [0.25, 0.3) is 11.0 Å². The molecule has 8 heteroatoms. The predicted octanol–water partition coefficient (Wildman–Crippen LogP) is 4.25. The van der Waals surface area contributed by atoms with Crippen LogP contribution in [0.4, 0.5) is 5.69 Å². The highest BCUT2D eigenvalue weighted by atomic mass is 35.5. The number of fused-ring (bicyclic) bond motifs is 1. The summed E-state index contributed by atoms with van der Waals surface area (Å²) in [6.45, 7) is 4.37. The van der Waals surface area contributed by atoms with E-state index in [9.17, 15) is 14.4 Å². The van der Waals surface area contributed by atoms with Crippen molar-refractivity contribution in [3.8, 4) is 5.75 Å². The first-order valence-electron chi connectivity index (χ1n) is 10.3. The largest absolute Gasteiger partial charge is 0.494 e. The average Bonchev–Trinajstić information content (AvgIpc) is 3.15. The van der Waals surface area contributed by atoms with E-state index in [0.29, 0.717) is 39.6 Å². The molecule has 0 aliphatic carbocycles. The number of carbonyl (C=O) groups is 2. The van der Waals surface area contributed by atoms with E-state index in [1.807, 2.05) is 13.8 Å². The molecule has 1 amide bonds. The summed E-state index contributed by atoms with van der Waals surface area (Å²) in [7, 11) is 0. The fraction of sp³-hybridized carbons (Fsp3) is 0.292. The van der Waals surface area contributed by atoms with Gasteiger partial charge in [0.15, 0.2) is 0 Å². The van der Waals surface area contributed by atoms with Crippen LogP contribution < -0.4 is 15.3 Å². The van der Waals surface area contributed by atoms with E-state index in [0.717, 1.165) is 5.56 Å². The van der Waals surface area contributed by atoms with Gasteiger partial charge in [0, 0.05) is 40.7 Å². The Morgan fingerprint density at radius 3 is 2.66 bits per heavy atom. The molecular formula is C24H22ClNO6. The highest BCUT2D eigenvalue weighted by molar-refractivity contribution is 6.32. The third-order valence-corrected chi connectivity index (χ3v) is 5.80. The standard InChI is InChI=1S/C24H22ClNO6/c1-3-30-18-6-4-17(5-7-18)26-12-15(9-22(26)27)24(29)31-13-16-10-23(28)32-21-8-14(2)20(25)11-19(16)21/h4-8,10-11,15H,3,9,12-13H2,1-2H3. The lowest BCUT2D eigenvalue weighted by Crippen LogP contribution is -2.26. The summed E-state index contributed by atoms with van der Waals surface area (Å²) >= 11 is 6.20. The van der Waals surface area contributed by atoms with Gasteiger partial charge in [0.2, 0.25) is 5.91 Å². The summed E-state index contributed by atoms with van der Waals surface area (Å²) in [5, 5.41) is 1.12. The van der Waals surface area contributed by atoms with E-state index in [1.165, 1.54) is 6.07 Å². The highest BCUT2D eigenvalue weighted by Gasteiger charge is 2.36. The Bertz CT molecular complexity index is 1230. The van der Waals surface area contributed by atoms with Crippen LogP contribution in [-0.2, 0) is 20.9 Å². The Morgan fingerprint density at radius 1 is 1.19 bits per heavy atom. The molecule has 0 spiro atoms. The zero-order chi connectivity index (χ0) is 22.8. The van der Waals surface area contributed by atoms with Gasteiger partial charge in [-0.1, -0.05) is 11.6 Å². The number of amides is 1. The summed E-state index contributed by atoms with van der Waals surface area (Å²) in [5.41, 5.74) is 1.81. The maximum absolute atomic E-state index is 12.7. The number of carbonyl (C=O) groups excluding carboxylic acids is 2. The minimum absolute atomic E-state index is 0.0642. The third kappa shape index (κ3) is 4.48. The minimum Gasteiger partial charge on any atom is -0.494 e. The Morgan fingerprint density at radius 2 is 1.94 bits per heavy atom. The van der Waals surface area contributed by atoms with Gasteiger partial charge in [-0.15, -0.1) is 0 Å². The van der Waals surface area contributed by atoms with E-state index in [-0.39, 0.29) is 25.5 Å². The number of halogens is 1. The van der Waals surface area contributed by atoms with Crippen LogP contribution >= 0.6 is 11.6 Å². The molecule has 1 aliphatic heterocycles. The second kappa shape index (κ2) is 9.04. The van der Waals surface area contributed by atoms with Gasteiger partial charge in [-0.25, -0.2) is 4.79 Å². The van der Waals surface area contributed by atoms with Crippen LogP contribution in [0, 0.1) is 12.8 Å². The summed E-state index contributed by atoms with van der Waals surface area (Å²) < 4.78 is 16.1. The van der Waals surface area contributed by atoms with Crippen LogP contribution in [-0.4, -0.2) is 25.0 Å². The monoisotopic (exact) mass is 455 g/mol. The number of anilines is 1. The number of nitrogens with zero attached hydrogens (tertiary/aromatic N) is 1. The number of esters is 1. The molecule has 0 N–H and O–H groups in total. The molecule has 0 bridgehead atoms. The zero-order valence-electron chi connectivity index (χ0n) is 17.7. The predicted molar refractivity (Wildman–Crippen MR) is 120 cm³/mol. The molecule has 32 heavy (non-hydrogen) atoms. The molecule has 166 valence electrons. The number of benzene rings is 2. The molecule has 0 radical (unpaired) electrons. The van der Waals surface area contributed by atoms with Crippen LogP contribution in [0.5, 0.6) is 5.75 Å². The maximum atomic E-state index is 12.7. The number of ether oxygens (including phenoxy) is 2. The molecule has 1 fully saturated rings. The first kappa shape index (κ1) is 21.9. The Labute approximate surface area is 189 Å². The molecule has 1 atom stereocenters. The second-order valence-corrected chi connectivity index (χ2v) is 8.04. The van der Waals surface area contributed by atoms with Gasteiger partial charge in [0.25, 0.3) is 0 Å². The number of hydrogen-bond acceptors (Lipinski definition) is 6. The Kier molecular flexibility index (Phi) is 6.19. The molecule has 3 aromatic rings. The molecule has 1 aliphatic rings. The summed E-state index contributed by atoms with van der Waals surface area (Å²) in [5.74, 6) is -0.518. The van der Waals surface area contributed by atoms with Crippen LogP contribution in [0.2, 0.25) is 5.02 Å². The molecule has 2 heterocycles. The van der Waals surface area contributed by atoms with Crippen molar-refractivity contribution in [2.45, 2.75) is 26.9 Å². The van der Waals surface area contributed by atoms with Crippen molar-refractivity contribution < 1.29 is 23.5 Å². The minimum atomic E-state index is -0.591. The molecule has 1 aromatic heterocycles. The molecular weight excluding hydrogens is 434 g/mol. The van der Waals surface area contributed by atoms with E-state index in [4.69, 9.17) is 25.5 Å². The zero-order valence-corrected chi connectivity index (χ0v) is 18.5. The summed E-state index contributed by atoms with van der Waals surface area (Å²) in [6, 6.07) is 11.8. The molecule has 0 saturated carbocycles. The first-order chi connectivity index (χ1) is 15.4.